The maximum atomic E-state index is 12.5. The van der Waals surface area contributed by atoms with Gasteiger partial charge in [0, 0.05) is 25.1 Å². The molecule has 3 aromatic rings. The molecule has 152 valence electrons. The minimum absolute atomic E-state index is 0.0253. The van der Waals surface area contributed by atoms with E-state index in [9.17, 15) is 4.79 Å². The normalized spacial score (nSPS) is 12.4. The summed E-state index contributed by atoms with van der Waals surface area (Å²) in [6, 6.07) is 11.7. The van der Waals surface area contributed by atoms with Crippen LogP contribution in [0.1, 0.15) is 44.6 Å². The Morgan fingerprint density at radius 1 is 1.17 bits per heavy atom. The van der Waals surface area contributed by atoms with Crippen molar-refractivity contribution in [3.05, 3.63) is 71.9 Å². The van der Waals surface area contributed by atoms with Crippen molar-refractivity contribution in [2.75, 3.05) is 0 Å². The molecule has 0 aliphatic rings. The quantitative estimate of drug-likeness (QED) is 0.689. The van der Waals surface area contributed by atoms with Gasteiger partial charge in [-0.25, -0.2) is 9.97 Å². The molecule has 29 heavy (non-hydrogen) atoms. The van der Waals surface area contributed by atoms with Crippen molar-refractivity contribution >= 4 is 5.91 Å². The molecule has 1 aromatic carbocycles. The summed E-state index contributed by atoms with van der Waals surface area (Å²) < 4.78 is 7.76. The highest BCUT2D eigenvalue weighted by molar-refractivity contribution is 5.80. The minimum atomic E-state index is -0.595. The third-order valence-corrected chi connectivity index (χ3v) is 4.73. The summed E-state index contributed by atoms with van der Waals surface area (Å²) in [4.78, 5) is 21.1. The molecule has 0 aliphatic carbocycles. The zero-order valence-corrected chi connectivity index (χ0v) is 17.6. The number of imidazole rings is 1. The molecule has 0 fully saturated rings. The van der Waals surface area contributed by atoms with Gasteiger partial charge in [0.05, 0.1) is 0 Å². The fraction of sp³-hybridized carbons (Fsp3) is 0.348. The number of aromatic nitrogens is 3. The Morgan fingerprint density at radius 3 is 2.66 bits per heavy atom. The second-order valence-corrected chi connectivity index (χ2v) is 8.12. The molecule has 2 aromatic heterocycles. The molecule has 0 bridgehead atoms. The van der Waals surface area contributed by atoms with Crippen LogP contribution in [0.25, 0.3) is 5.82 Å². The van der Waals surface area contributed by atoms with E-state index in [4.69, 9.17) is 4.74 Å². The Hall–Kier alpha value is -3.15. The Morgan fingerprint density at radius 2 is 1.97 bits per heavy atom. The third kappa shape index (κ3) is 5.22. The van der Waals surface area contributed by atoms with Gasteiger partial charge in [0.2, 0.25) is 0 Å². The van der Waals surface area contributed by atoms with Crippen molar-refractivity contribution in [1.82, 2.24) is 19.9 Å². The van der Waals surface area contributed by atoms with Crippen molar-refractivity contribution in [1.29, 1.82) is 0 Å². The molecular formula is C23H28N4O2. The summed E-state index contributed by atoms with van der Waals surface area (Å²) in [7, 11) is 0. The highest BCUT2D eigenvalue weighted by Crippen LogP contribution is 2.26. The average Bonchev–Trinajstić information content (AvgIpc) is 3.12. The Balaban J connectivity index is 1.60. The molecule has 6 heteroatoms. The summed E-state index contributed by atoms with van der Waals surface area (Å²) in [6.45, 7) is 10.5. The van der Waals surface area contributed by atoms with Gasteiger partial charge in [-0.2, -0.15) is 0 Å². The average molecular weight is 393 g/mol. The molecule has 0 spiro atoms. The van der Waals surface area contributed by atoms with Crippen molar-refractivity contribution in [3.8, 4) is 11.6 Å². The first-order valence-corrected chi connectivity index (χ1v) is 9.74. The van der Waals surface area contributed by atoms with Crippen molar-refractivity contribution < 1.29 is 9.53 Å². The van der Waals surface area contributed by atoms with E-state index in [1.807, 2.05) is 48.0 Å². The summed E-state index contributed by atoms with van der Waals surface area (Å²) in [6.07, 6.45) is 4.73. The number of aryl methyl sites for hydroxylation is 1. The maximum absolute atomic E-state index is 12.5. The van der Waals surface area contributed by atoms with Crippen molar-refractivity contribution in [2.24, 2.45) is 0 Å². The molecule has 3 rings (SSSR count). The van der Waals surface area contributed by atoms with Crippen LogP contribution in [0.3, 0.4) is 0 Å². The first-order chi connectivity index (χ1) is 13.7. The number of nitrogens with one attached hydrogen (secondary N) is 1. The molecule has 0 saturated heterocycles. The lowest BCUT2D eigenvalue weighted by Crippen LogP contribution is -2.36. The Bertz CT molecular complexity index is 988. The van der Waals surface area contributed by atoms with E-state index in [0.29, 0.717) is 12.3 Å². The topological polar surface area (TPSA) is 69.0 Å². The second kappa shape index (κ2) is 8.47. The molecular weight excluding hydrogens is 364 g/mol. The van der Waals surface area contributed by atoms with Crippen LogP contribution < -0.4 is 10.1 Å². The first kappa shape index (κ1) is 20.6. The van der Waals surface area contributed by atoms with E-state index in [0.717, 1.165) is 17.2 Å². The summed E-state index contributed by atoms with van der Waals surface area (Å²) >= 11 is 0. The number of nitrogens with zero attached hydrogens (tertiary/aromatic N) is 3. The van der Waals surface area contributed by atoms with E-state index < -0.39 is 6.10 Å². The number of ether oxygens (including phenoxy) is 1. The van der Waals surface area contributed by atoms with Crippen LogP contribution in [0.5, 0.6) is 5.75 Å². The number of rotatable bonds is 6. The Labute approximate surface area is 172 Å². The van der Waals surface area contributed by atoms with Gasteiger partial charge in [-0.05, 0) is 54.7 Å². The van der Waals surface area contributed by atoms with E-state index >= 15 is 0 Å². The van der Waals surface area contributed by atoms with Gasteiger partial charge in [-0.15, -0.1) is 0 Å². The smallest absolute Gasteiger partial charge is 0.261 e. The largest absolute Gasteiger partial charge is 0.481 e. The lowest BCUT2D eigenvalue weighted by Gasteiger charge is -2.21. The minimum Gasteiger partial charge on any atom is -0.481 e. The van der Waals surface area contributed by atoms with Crippen LogP contribution in [0.4, 0.5) is 0 Å². The second-order valence-electron chi connectivity index (χ2n) is 8.12. The van der Waals surface area contributed by atoms with Crippen LogP contribution in [0.2, 0.25) is 0 Å². The molecule has 1 N–H and O–H groups in total. The van der Waals surface area contributed by atoms with Gasteiger partial charge < -0.3 is 10.1 Å². The highest BCUT2D eigenvalue weighted by atomic mass is 16.5. The monoisotopic (exact) mass is 392 g/mol. The Kier molecular flexibility index (Phi) is 6.01. The number of amides is 1. The number of hydrogen-bond donors (Lipinski definition) is 1. The van der Waals surface area contributed by atoms with Gasteiger partial charge in [-0.1, -0.05) is 32.9 Å². The summed E-state index contributed by atoms with van der Waals surface area (Å²) in [5.41, 5.74) is 2.15. The van der Waals surface area contributed by atoms with Crippen LogP contribution in [0.15, 0.2) is 55.0 Å². The van der Waals surface area contributed by atoms with Crippen molar-refractivity contribution in [3.63, 3.8) is 0 Å². The molecule has 0 aliphatic heterocycles. The molecule has 1 amide bonds. The number of pyridine rings is 1. The van der Waals surface area contributed by atoms with E-state index in [1.165, 1.54) is 5.56 Å². The van der Waals surface area contributed by atoms with E-state index in [-0.39, 0.29) is 11.3 Å². The third-order valence-electron chi connectivity index (χ3n) is 4.73. The molecule has 2 heterocycles. The van der Waals surface area contributed by atoms with Crippen LogP contribution in [-0.4, -0.2) is 26.5 Å². The van der Waals surface area contributed by atoms with Crippen LogP contribution >= 0.6 is 0 Å². The lowest BCUT2D eigenvalue weighted by molar-refractivity contribution is -0.127. The van der Waals surface area contributed by atoms with E-state index in [1.54, 1.807) is 19.3 Å². The number of carbonyl (C=O) groups excluding carboxylic acids is 1. The molecule has 0 saturated carbocycles. The van der Waals surface area contributed by atoms with Crippen molar-refractivity contribution in [2.45, 2.75) is 52.7 Å². The van der Waals surface area contributed by atoms with Gasteiger partial charge in [0.25, 0.3) is 5.91 Å². The number of hydrogen-bond acceptors (Lipinski definition) is 4. The molecule has 1 unspecified atom stereocenters. The fourth-order valence-corrected chi connectivity index (χ4v) is 2.95. The van der Waals surface area contributed by atoms with Gasteiger partial charge in [-0.3, -0.25) is 9.36 Å². The standard InChI is InChI=1S/C23H28N4O2/c1-16(29-20-8-6-7-19(14-20)23(3,4)5)22(28)26-15-18-9-10-25-21(13-18)27-12-11-24-17(27)2/h6-14,16H,15H2,1-5H3,(H,26,28). The first-order valence-electron chi connectivity index (χ1n) is 9.74. The SMILES string of the molecule is Cc1nccn1-c1cc(CNC(=O)C(C)Oc2cccc(C(C)(C)C)c2)ccn1. The van der Waals surface area contributed by atoms with Gasteiger partial charge in [0.1, 0.15) is 17.4 Å². The lowest BCUT2D eigenvalue weighted by atomic mass is 9.87. The van der Waals surface area contributed by atoms with Gasteiger partial charge in [0.15, 0.2) is 6.10 Å². The molecule has 6 nitrogen and oxygen atoms in total. The van der Waals surface area contributed by atoms with Crippen LogP contribution in [0, 0.1) is 6.92 Å². The number of benzene rings is 1. The van der Waals surface area contributed by atoms with Gasteiger partial charge >= 0.3 is 0 Å². The zero-order chi connectivity index (χ0) is 21.0. The highest BCUT2D eigenvalue weighted by Gasteiger charge is 2.17. The fourth-order valence-electron chi connectivity index (χ4n) is 2.95. The zero-order valence-electron chi connectivity index (χ0n) is 17.6. The molecule has 0 radical (unpaired) electrons. The van der Waals surface area contributed by atoms with Crippen LogP contribution in [-0.2, 0) is 16.8 Å². The number of carbonyl (C=O) groups is 1. The maximum Gasteiger partial charge on any atom is 0.261 e. The van der Waals surface area contributed by atoms with E-state index in [2.05, 4.69) is 42.1 Å². The predicted molar refractivity (Wildman–Crippen MR) is 113 cm³/mol. The summed E-state index contributed by atoms with van der Waals surface area (Å²) in [5, 5.41) is 2.93. The molecule has 1 atom stereocenters. The summed E-state index contributed by atoms with van der Waals surface area (Å²) in [5.74, 6) is 2.17. The predicted octanol–water partition coefficient (Wildman–Crippen LogP) is 3.96.